The van der Waals surface area contributed by atoms with Gasteiger partial charge in [0.1, 0.15) is 22.3 Å². The maximum absolute atomic E-state index is 9.24. The molecule has 0 aliphatic rings. The van der Waals surface area contributed by atoms with E-state index in [4.69, 9.17) is 34.8 Å². The number of fused-ring (bicyclic) bond motifs is 10. The first kappa shape index (κ1) is 16.5. The van der Waals surface area contributed by atoms with E-state index in [-0.39, 0.29) is 61.3 Å². The molecule has 6 heteroatoms. The molecule has 6 nitrogen and oxygen atoms in total. The third-order valence-electron chi connectivity index (χ3n) is 7.97. The fourth-order valence-electron chi connectivity index (χ4n) is 6.07. The molecule has 4 heterocycles. The molecule has 0 unspecified atom stereocenters. The summed E-state index contributed by atoms with van der Waals surface area (Å²) in [5.74, 6) is 0.280. The molecular formula is C39H22N4O2. The molecule has 0 saturated carbocycles. The van der Waals surface area contributed by atoms with E-state index >= 15 is 0 Å². The van der Waals surface area contributed by atoms with Gasteiger partial charge < -0.3 is 8.83 Å². The van der Waals surface area contributed by atoms with Crippen LogP contribution >= 0.6 is 0 Å². The second kappa shape index (κ2) is 9.11. The number of benzene rings is 6. The van der Waals surface area contributed by atoms with Crippen molar-refractivity contribution in [1.82, 2.24) is 19.5 Å². The Morgan fingerprint density at radius 1 is 0.511 bits per heavy atom. The molecule has 10 aromatic rings. The lowest BCUT2D eigenvalue weighted by atomic mass is 10.1. The predicted molar refractivity (Wildman–Crippen MR) is 180 cm³/mol. The minimum absolute atomic E-state index is 0.00258. The first-order valence-electron chi connectivity index (χ1n) is 19.1. The number of aromatic nitrogens is 4. The van der Waals surface area contributed by atoms with Crippen LogP contribution in [0.4, 0.5) is 0 Å². The number of hydrogen-bond donors (Lipinski definition) is 0. The normalized spacial score (nSPS) is 15.1. The zero-order valence-electron chi connectivity index (χ0n) is 33.0. The third kappa shape index (κ3) is 3.48. The summed E-state index contributed by atoms with van der Waals surface area (Å²) < 4.78 is 102. The summed E-state index contributed by atoms with van der Waals surface area (Å²) in [7, 11) is 0. The van der Waals surface area contributed by atoms with Gasteiger partial charge in [0.15, 0.2) is 11.6 Å². The Morgan fingerprint density at radius 3 is 2.20 bits per heavy atom. The number of hydrogen-bond acceptors (Lipinski definition) is 5. The summed E-state index contributed by atoms with van der Waals surface area (Å²) in [5.41, 5.74) is 1.81. The molecule has 4 aromatic heterocycles. The zero-order chi connectivity index (χ0) is 38.2. The van der Waals surface area contributed by atoms with Crippen LogP contribution in [0, 0.1) is 0 Å². The van der Waals surface area contributed by atoms with Gasteiger partial charge >= 0.3 is 0 Å². The molecule has 0 atom stereocenters. The second-order valence-corrected chi connectivity index (χ2v) is 10.5. The molecule has 0 radical (unpaired) electrons. The van der Waals surface area contributed by atoms with Gasteiger partial charge in [-0.1, -0.05) is 96.9 Å². The molecule has 0 aliphatic heterocycles. The summed E-state index contributed by atoms with van der Waals surface area (Å²) in [5, 5.41) is 1.28. The molecule has 0 N–H and O–H groups in total. The van der Waals surface area contributed by atoms with Crippen LogP contribution in [0.1, 0.15) is 13.7 Å². The van der Waals surface area contributed by atoms with Crippen LogP contribution in [0.25, 0.3) is 94.4 Å². The number of furan rings is 2. The van der Waals surface area contributed by atoms with E-state index in [1.165, 1.54) is 4.57 Å². The van der Waals surface area contributed by atoms with Crippen LogP contribution in [0.2, 0.25) is 0 Å². The van der Waals surface area contributed by atoms with Gasteiger partial charge in [0.05, 0.1) is 30.1 Å². The maximum Gasteiger partial charge on any atom is 0.238 e. The SMILES string of the molecule is [2H]c1c([2H])c([2H])c2c(oc3c([2H])c([2H])c4c5c([2H])c([2H])c([2H])c([2H])c5n(-c5nc(-c6ccccc6)nc(-c6cccc7oc8ccccc8c67)n5)c4c32)c1[2H]. The van der Waals surface area contributed by atoms with Gasteiger partial charge in [0, 0.05) is 38.1 Å². The van der Waals surface area contributed by atoms with Gasteiger partial charge in [-0.25, -0.2) is 4.98 Å². The second-order valence-electron chi connectivity index (χ2n) is 10.5. The van der Waals surface area contributed by atoms with Crippen LogP contribution in [0.15, 0.2) is 142 Å². The van der Waals surface area contributed by atoms with E-state index in [0.29, 0.717) is 22.3 Å². The quantitative estimate of drug-likeness (QED) is 0.205. The summed E-state index contributed by atoms with van der Waals surface area (Å²) in [6.07, 6.45) is 0. The molecule has 45 heavy (non-hydrogen) atoms. The molecule has 0 amide bonds. The first-order valence-corrected chi connectivity index (χ1v) is 14.1. The molecule has 210 valence electrons. The molecule has 6 aromatic carbocycles. The van der Waals surface area contributed by atoms with Crippen molar-refractivity contribution in [2.45, 2.75) is 0 Å². The number of para-hydroxylation sites is 3. The third-order valence-corrected chi connectivity index (χ3v) is 7.97. The lowest BCUT2D eigenvalue weighted by Crippen LogP contribution is -2.06. The Kier molecular flexibility index (Phi) is 3.35. The van der Waals surface area contributed by atoms with Crippen LogP contribution in [0.3, 0.4) is 0 Å². The standard InChI is InChI=1S/C39H22N4O2/c1-2-11-23(12-3-1)37-40-38(28-16-10-20-32-34(28)26-14-5-8-18-30(26)44-32)42-39(41-37)43-29-17-7-4-13-24(29)25-21-22-33-35(36(25)43)27-15-6-9-19-31(27)45-33/h1-22H/i4D,6D,7D,9D,13D,15D,17D,19D,21D,22D. The van der Waals surface area contributed by atoms with Crippen LogP contribution in [-0.2, 0) is 0 Å². The average molecular weight is 589 g/mol. The Balaban J connectivity index is 1.46. The van der Waals surface area contributed by atoms with Gasteiger partial charge in [-0.2, -0.15) is 9.97 Å². The Bertz CT molecular complexity index is 3340. The maximum atomic E-state index is 9.24. The summed E-state index contributed by atoms with van der Waals surface area (Å²) >= 11 is 0. The van der Waals surface area contributed by atoms with E-state index in [9.17, 15) is 2.74 Å². The van der Waals surface area contributed by atoms with Crippen molar-refractivity contribution < 1.29 is 22.5 Å². The van der Waals surface area contributed by atoms with E-state index < -0.39 is 60.4 Å². The molecule has 0 fully saturated rings. The largest absolute Gasteiger partial charge is 0.456 e. The summed E-state index contributed by atoms with van der Waals surface area (Å²) in [6, 6.07) is 17.0. The van der Waals surface area contributed by atoms with Gasteiger partial charge in [-0.15, -0.1) is 0 Å². The van der Waals surface area contributed by atoms with Crippen LogP contribution in [0.5, 0.6) is 0 Å². The smallest absolute Gasteiger partial charge is 0.238 e. The van der Waals surface area contributed by atoms with Crippen molar-refractivity contribution in [2.24, 2.45) is 0 Å². The van der Waals surface area contributed by atoms with Crippen molar-refractivity contribution in [2.75, 3.05) is 0 Å². The van der Waals surface area contributed by atoms with Gasteiger partial charge in [-0.3, -0.25) is 4.57 Å². The highest BCUT2D eigenvalue weighted by Crippen LogP contribution is 2.41. The molecular weight excluding hydrogens is 556 g/mol. The molecule has 0 aliphatic carbocycles. The van der Waals surface area contributed by atoms with Gasteiger partial charge in [0.2, 0.25) is 5.95 Å². The molecule has 0 spiro atoms. The molecule has 0 bridgehead atoms. The number of nitrogens with zero attached hydrogens (tertiary/aromatic N) is 4. The highest BCUT2D eigenvalue weighted by molar-refractivity contribution is 6.24. The van der Waals surface area contributed by atoms with Crippen molar-refractivity contribution in [1.29, 1.82) is 0 Å². The zero-order valence-corrected chi connectivity index (χ0v) is 23.0. The summed E-state index contributed by atoms with van der Waals surface area (Å²) in [4.78, 5) is 14.8. The Hall–Kier alpha value is -6.27. The highest BCUT2D eigenvalue weighted by atomic mass is 16.3. The fourth-order valence-corrected chi connectivity index (χ4v) is 6.07. The Morgan fingerprint density at radius 2 is 1.27 bits per heavy atom. The van der Waals surface area contributed by atoms with Crippen LogP contribution in [-0.4, -0.2) is 19.5 Å². The topological polar surface area (TPSA) is 69.9 Å². The Labute approximate surface area is 269 Å². The lowest BCUT2D eigenvalue weighted by Gasteiger charge is -2.12. The van der Waals surface area contributed by atoms with Crippen LogP contribution < -0.4 is 0 Å². The van der Waals surface area contributed by atoms with Crippen molar-refractivity contribution in [3.63, 3.8) is 0 Å². The molecule has 0 saturated heterocycles. The van der Waals surface area contributed by atoms with Crippen molar-refractivity contribution in [3.8, 4) is 28.7 Å². The average Bonchev–Trinajstić information content (AvgIpc) is 3.90. The lowest BCUT2D eigenvalue weighted by molar-refractivity contribution is 0.668. The minimum atomic E-state index is -0.568. The summed E-state index contributed by atoms with van der Waals surface area (Å²) in [6.45, 7) is 0. The fraction of sp³-hybridized carbons (Fsp3) is 0. The molecule has 10 rings (SSSR count). The minimum Gasteiger partial charge on any atom is -0.456 e. The van der Waals surface area contributed by atoms with E-state index in [1.807, 2.05) is 54.6 Å². The predicted octanol–water partition coefficient (Wildman–Crippen LogP) is 10.1. The van der Waals surface area contributed by atoms with E-state index in [0.717, 1.165) is 10.8 Å². The van der Waals surface area contributed by atoms with E-state index in [2.05, 4.69) is 0 Å². The van der Waals surface area contributed by atoms with Crippen molar-refractivity contribution >= 4 is 65.7 Å². The number of rotatable bonds is 3. The monoisotopic (exact) mass is 588 g/mol. The van der Waals surface area contributed by atoms with Crippen molar-refractivity contribution in [3.05, 3.63) is 133 Å². The van der Waals surface area contributed by atoms with Gasteiger partial charge in [0.25, 0.3) is 0 Å². The van der Waals surface area contributed by atoms with Gasteiger partial charge in [-0.05, 0) is 36.3 Å². The first-order chi connectivity index (χ1) is 26.5. The van der Waals surface area contributed by atoms with E-state index in [1.54, 1.807) is 18.2 Å². The highest BCUT2D eigenvalue weighted by Gasteiger charge is 2.23.